The Labute approximate surface area is 334 Å². The second-order valence-corrected chi connectivity index (χ2v) is 17.4. The predicted molar refractivity (Wildman–Crippen MR) is 218 cm³/mol. The molecule has 2 heterocycles. The number of amides is 1. The van der Waals surface area contributed by atoms with Gasteiger partial charge < -0.3 is 20.7 Å². The number of sulfone groups is 1. The van der Waals surface area contributed by atoms with Crippen molar-refractivity contribution in [1.29, 1.82) is 0 Å². The summed E-state index contributed by atoms with van der Waals surface area (Å²) < 4.78 is 25.0. The van der Waals surface area contributed by atoms with Crippen molar-refractivity contribution in [3.8, 4) is 0 Å². The Balaban J connectivity index is 1.49. The van der Waals surface area contributed by atoms with Gasteiger partial charge >= 0.3 is 5.97 Å². The molecule has 318 valence electrons. The van der Waals surface area contributed by atoms with Gasteiger partial charge in [-0.1, -0.05) is 77.0 Å². The Hall–Kier alpha value is -3.50. The number of hydrogen-bond acceptors (Lipinski definition) is 12. The number of nitrogens with zero attached hydrogens (tertiary/aromatic N) is 2. The average molecular weight is 808 g/mol. The van der Waals surface area contributed by atoms with E-state index in [0.29, 0.717) is 38.6 Å². The molecule has 1 aliphatic rings. The molecule has 2 rings (SSSR count). The maximum Gasteiger partial charge on any atom is 0.303 e. The molecule has 0 spiro atoms. The quantitative estimate of drug-likeness (QED) is 0.0493. The van der Waals surface area contributed by atoms with Gasteiger partial charge in [0.2, 0.25) is 5.91 Å². The summed E-state index contributed by atoms with van der Waals surface area (Å²) >= 11 is 0. The number of hydrazine groups is 1. The fourth-order valence-electron chi connectivity index (χ4n) is 6.90. The number of Topliss-reactive ketones (excluding diaryl/α,β-unsaturated/α-hetero) is 3. The zero-order valence-electron chi connectivity index (χ0n) is 33.7. The first kappa shape index (κ1) is 48.6. The number of hydrazone groups is 1. The first-order valence-corrected chi connectivity index (χ1v) is 22.7. The number of carboxylic acid groups (broad SMARTS) is 1. The molecule has 1 aromatic heterocycles. The van der Waals surface area contributed by atoms with Gasteiger partial charge in [-0.25, -0.2) is 24.4 Å². The van der Waals surface area contributed by atoms with E-state index in [1.165, 1.54) is 69.8 Å². The van der Waals surface area contributed by atoms with Gasteiger partial charge in [-0.3, -0.25) is 24.0 Å². The number of nitrogens with one attached hydrogen (secondary N) is 5. The van der Waals surface area contributed by atoms with Crippen LogP contribution in [0.1, 0.15) is 153 Å². The van der Waals surface area contributed by atoms with Crippen molar-refractivity contribution in [1.82, 2.24) is 31.6 Å². The number of hydrogen-bond donors (Lipinski definition) is 6. The van der Waals surface area contributed by atoms with Gasteiger partial charge in [0.1, 0.15) is 17.3 Å². The Morgan fingerprint density at radius 3 is 2.05 bits per heavy atom. The number of rotatable bonds is 37. The van der Waals surface area contributed by atoms with Gasteiger partial charge in [-0.2, -0.15) is 5.10 Å². The van der Waals surface area contributed by atoms with E-state index in [0.717, 1.165) is 37.9 Å². The lowest BCUT2D eigenvalue weighted by Crippen LogP contribution is -2.38. The summed E-state index contributed by atoms with van der Waals surface area (Å²) in [6.07, 6.45) is 21.2. The van der Waals surface area contributed by atoms with Crippen LogP contribution in [0.25, 0.3) is 0 Å². The molecule has 0 radical (unpaired) electrons. The second kappa shape index (κ2) is 29.7. The molecular weight excluding hydrogens is 739 g/mol. The number of aliphatic carboxylic acids is 1. The second-order valence-electron chi connectivity index (χ2n) is 15.2. The Kier molecular flexibility index (Phi) is 25.8. The summed E-state index contributed by atoms with van der Waals surface area (Å²) in [5.41, 5.74) is 7.78. The molecule has 6 N–H and O–H groups in total. The molecule has 0 fully saturated rings. The van der Waals surface area contributed by atoms with E-state index in [2.05, 4.69) is 36.7 Å². The van der Waals surface area contributed by atoms with Gasteiger partial charge in [0, 0.05) is 56.5 Å². The summed E-state index contributed by atoms with van der Waals surface area (Å²) in [4.78, 5) is 68.5. The summed E-state index contributed by atoms with van der Waals surface area (Å²) in [6, 6.07) is -0.526. The molecule has 1 aliphatic heterocycles. The van der Waals surface area contributed by atoms with Crippen LogP contribution in [0.3, 0.4) is 0 Å². The van der Waals surface area contributed by atoms with Crippen molar-refractivity contribution >= 4 is 44.8 Å². The molecule has 0 aliphatic carbocycles. The van der Waals surface area contributed by atoms with Gasteiger partial charge in [0.25, 0.3) is 0 Å². The number of H-pyrrole nitrogens is 1. The molecule has 1 amide bonds. The third kappa shape index (κ3) is 24.2. The summed E-state index contributed by atoms with van der Waals surface area (Å²) in [5, 5.41) is 19.0. The number of carbonyl (C=O) groups excluding carboxylic acids is 4. The third-order valence-corrected chi connectivity index (χ3v) is 11.9. The van der Waals surface area contributed by atoms with E-state index in [1.54, 1.807) is 13.2 Å². The number of carbonyl (C=O) groups is 5. The summed E-state index contributed by atoms with van der Waals surface area (Å²) in [6.45, 7) is 1.18. The van der Waals surface area contributed by atoms with E-state index >= 15 is 0 Å². The normalized spacial score (nSPS) is 13.8. The Morgan fingerprint density at radius 1 is 0.804 bits per heavy atom. The minimum absolute atomic E-state index is 0.0162. The molecule has 0 saturated carbocycles. The van der Waals surface area contributed by atoms with Crippen LogP contribution in [0.5, 0.6) is 0 Å². The monoisotopic (exact) mass is 807 g/mol. The maximum atomic E-state index is 13.0. The fraction of sp³-hybridized carbons (Fsp3) is 0.775. The lowest BCUT2D eigenvalue weighted by molar-refractivity contribution is -0.139. The van der Waals surface area contributed by atoms with E-state index in [1.807, 2.05) is 0 Å². The highest BCUT2D eigenvalue weighted by molar-refractivity contribution is 7.92. The van der Waals surface area contributed by atoms with Gasteiger partial charge in [0.15, 0.2) is 15.6 Å². The third-order valence-electron chi connectivity index (χ3n) is 10.3. The summed E-state index contributed by atoms with van der Waals surface area (Å²) in [7, 11) is -1.92. The SMILES string of the molecule is CN[C@H](Cc1cnc[nH]1)C(=O)C[C@H](CCCCNC(=O)CCCS(=O)(=O)CC(=O)CCCCCCCCCCCCCCCC1=NNNC1)C(=O)CCC(=O)O. The van der Waals surface area contributed by atoms with Gasteiger partial charge in [0.05, 0.1) is 36.8 Å². The molecule has 0 bridgehead atoms. The largest absolute Gasteiger partial charge is 0.481 e. The molecule has 0 unspecified atom stereocenters. The van der Waals surface area contributed by atoms with Crippen LogP contribution in [0.15, 0.2) is 17.6 Å². The highest BCUT2D eigenvalue weighted by Crippen LogP contribution is 2.19. The van der Waals surface area contributed by atoms with E-state index < -0.39 is 33.5 Å². The van der Waals surface area contributed by atoms with Gasteiger partial charge in [-0.05, 0) is 45.6 Å². The highest BCUT2D eigenvalue weighted by atomic mass is 32.2. The number of unbranched alkanes of at least 4 members (excludes halogenated alkanes) is 13. The van der Waals surface area contributed by atoms with E-state index in [4.69, 9.17) is 5.11 Å². The van der Waals surface area contributed by atoms with Crippen molar-refractivity contribution in [3.63, 3.8) is 0 Å². The Morgan fingerprint density at radius 2 is 1.46 bits per heavy atom. The molecule has 16 heteroatoms. The molecule has 56 heavy (non-hydrogen) atoms. The van der Waals surface area contributed by atoms with Crippen LogP contribution in [0.2, 0.25) is 0 Å². The zero-order chi connectivity index (χ0) is 40.9. The molecule has 1 aromatic rings. The minimum Gasteiger partial charge on any atom is -0.481 e. The fourth-order valence-corrected chi connectivity index (χ4v) is 8.27. The number of aromatic amines is 1. The number of ketones is 3. The van der Waals surface area contributed by atoms with E-state index in [-0.39, 0.29) is 67.5 Å². The highest BCUT2D eigenvalue weighted by Gasteiger charge is 2.26. The first-order chi connectivity index (χ1) is 27.0. The van der Waals surface area contributed by atoms with Crippen LogP contribution in [-0.4, -0.2) is 96.1 Å². The molecule has 0 saturated heterocycles. The van der Waals surface area contributed by atoms with Crippen LogP contribution in [-0.2, 0) is 40.2 Å². The van der Waals surface area contributed by atoms with Crippen molar-refractivity contribution in [3.05, 3.63) is 18.2 Å². The van der Waals surface area contributed by atoms with Crippen molar-refractivity contribution in [2.24, 2.45) is 11.0 Å². The number of likely N-dealkylation sites (N-methyl/N-ethyl adjacent to an activating group) is 1. The van der Waals surface area contributed by atoms with Crippen molar-refractivity contribution in [2.45, 2.75) is 160 Å². The summed E-state index contributed by atoms with van der Waals surface area (Å²) in [5.74, 6) is -3.39. The molecule has 2 atom stereocenters. The smallest absolute Gasteiger partial charge is 0.303 e. The van der Waals surface area contributed by atoms with Crippen LogP contribution < -0.4 is 21.6 Å². The maximum absolute atomic E-state index is 13.0. The lowest BCUT2D eigenvalue weighted by Gasteiger charge is -2.19. The molecular formula is C40H69N7O8S. The topological polar surface area (TPSA) is 229 Å². The van der Waals surface area contributed by atoms with Crippen molar-refractivity contribution < 1.29 is 37.5 Å². The number of carboxylic acids is 1. The average Bonchev–Trinajstić information content (AvgIpc) is 3.88. The van der Waals surface area contributed by atoms with Crippen LogP contribution >= 0.6 is 0 Å². The van der Waals surface area contributed by atoms with E-state index in [9.17, 15) is 32.4 Å². The minimum atomic E-state index is -3.58. The number of aromatic nitrogens is 2. The molecule has 15 nitrogen and oxygen atoms in total. The van der Waals surface area contributed by atoms with Crippen LogP contribution in [0.4, 0.5) is 0 Å². The first-order valence-electron chi connectivity index (χ1n) is 20.9. The molecule has 0 aromatic carbocycles. The predicted octanol–water partition coefficient (Wildman–Crippen LogP) is 4.92. The number of imidazole rings is 1. The van der Waals surface area contributed by atoms with Crippen molar-refractivity contribution in [2.75, 3.05) is 31.6 Å². The lowest BCUT2D eigenvalue weighted by atomic mass is 9.87. The zero-order valence-corrected chi connectivity index (χ0v) is 34.5. The standard InChI is InChI=1S/C40H69N7O8S/c1-41-36(27-34-28-42-31-44-34)38(50)26-32(37(49)22-23-40(52)53)18-15-16-24-43-39(51)21-17-25-56(54,55)30-35(48)20-14-12-10-8-6-4-2-3-5-7-9-11-13-19-33-29-45-47-46-33/h28,31-32,36,41,45,47H,2-27,29-30H2,1H3,(H,42,44)(H,43,51)(H,52,53)/t32-,36+/m0/s1. The van der Waals surface area contributed by atoms with Crippen LogP contribution in [0, 0.1) is 5.92 Å². The van der Waals surface area contributed by atoms with Gasteiger partial charge in [-0.15, -0.1) is 0 Å². The Bertz CT molecular complexity index is 1440.